The monoisotopic (exact) mass is 410 g/mol. The largest absolute Gasteiger partial charge is 0.462 e. The van der Waals surface area contributed by atoms with Gasteiger partial charge in [0.25, 0.3) is 0 Å². The van der Waals surface area contributed by atoms with Crippen molar-refractivity contribution in [2.75, 3.05) is 11.9 Å². The summed E-state index contributed by atoms with van der Waals surface area (Å²) in [5, 5.41) is 3.54. The molecule has 2 aromatic rings. The number of nitrogens with one attached hydrogen (secondary N) is 1. The molecule has 0 aliphatic carbocycles. The van der Waals surface area contributed by atoms with Gasteiger partial charge < -0.3 is 14.8 Å². The molecule has 0 saturated carbocycles. The zero-order valence-corrected chi connectivity index (χ0v) is 16.9. The summed E-state index contributed by atoms with van der Waals surface area (Å²) in [6.45, 7) is 7.32. The third-order valence-electron chi connectivity index (χ3n) is 3.21. The van der Waals surface area contributed by atoms with Gasteiger partial charge in [-0.1, -0.05) is 23.2 Å². The van der Waals surface area contributed by atoms with Gasteiger partial charge in [-0.2, -0.15) is 0 Å². The van der Waals surface area contributed by atoms with E-state index < -0.39 is 17.5 Å². The number of anilines is 2. The molecular weight excluding hydrogens is 391 g/mol. The van der Waals surface area contributed by atoms with E-state index in [-0.39, 0.29) is 23.0 Å². The minimum absolute atomic E-state index is 0.208. The van der Waals surface area contributed by atoms with E-state index in [1.807, 2.05) is 0 Å². The number of aromatic nitrogens is 1. The molecule has 0 aliphatic rings. The molecule has 1 aromatic carbocycles. The third-order valence-corrected chi connectivity index (χ3v) is 3.82. The number of benzene rings is 1. The number of hydrogen-bond donors (Lipinski definition) is 1. The molecule has 1 N–H and O–H groups in total. The van der Waals surface area contributed by atoms with Crippen LogP contribution in [0.3, 0.4) is 0 Å². The molecule has 0 radical (unpaired) electrons. The lowest BCUT2D eigenvalue weighted by Gasteiger charge is -2.20. The van der Waals surface area contributed by atoms with E-state index in [2.05, 4.69) is 10.3 Å². The Labute approximate surface area is 167 Å². The molecule has 8 heteroatoms. The first kappa shape index (κ1) is 21.0. The minimum atomic E-state index is -0.613. The van der Waals surface area contributed by atoms with E-state index in [0.29, 0.717) is 16.3 Å². The highest BCUT2D eigenvalue weighted by Crippen LogP contribution is 2.30. The molecule has 1 aromatic heterocycles. The van der Waals surface area contributed by atoms with E-state index in [4.69, 9.17) is 32.7 Å². The van der Waals surface area contributed by atoms with Gasteiger partial charge in [-0.25, -0.2) is 14.6 Å². The van der Waals surface area contributed by atoms with Crippen LogP contribution >= 0.6 is 23.2 Å². The van der Waals surface area contributed by atoms with Crippen LogP contribution in [0.1, 0.15) is 48.4 Å². The van der Waals surface area contributed by atoms with Crippen molar-refractivity contribution in [1.82, 2.24) is 4.98 Å². The van der Waals surface area contributed by atoms with Crippen LogP contribution < -0.4 is 5.32 Å². The Morgan fingerprint density at radius 3 is 2.37 bits per heavy atom. The molecule has 1 heterocycles. The fourth-order valence-corrected chi connectivity index (χ4v) is 2.45. The van der Waals surface area contributed by atoms with E-state index in [0.717, 1.165) is 0 Å². The molecule has 27 heavy (non-hydrogen) atoms. The molecule has 0 unspecified atom stereocenters. The maximum Gasteiger partial charge on any atom is 0.339 e. The molecule has 0 atom stereocenters. The summed E-state index contributed by atoms with van der Waals surface area (Å²) in [6, 6.07) is 6.14. The number of ether oxygens (including phenoxy) is 2. The van der Waals surface area contributed by atoms with Gasteiger partial charge in [0.15, 0.2) is 0 Å². The zero-order valence-electron chi connectivity index (χ0n) is 15.4. The highest BCUT2D eigenvalue weighted by Gasteiger charge is 2.19. The van der Waals surface area contributed by atoms with Crippen molar-refractivity contribution in [1.29, 1.82) is 0 Å². The Morgan fingerprint density at radius 1 is 1.07 bits per heavy atom. The van der Waals surface area contributed by atoms with Crippen LogP contribution in [-0.4, -0.2) is 29.1 Å². The van der Waals surface area contributed by atoms with Crippen molar-refractivity contribution in [2.24, 2.45) is 0 Å². The topological polar surface area (TPSA) is 77.5 Å². The van der Waals surface area contributed by atoms with Crippen LogP contribution in [0.15, 0.2) is 30.5 Å². The average Bonchev–Trinajstić information content (AvgIpc) is 2.57. The lowest BCUT2D eigenvalue weighted by molar-refractivity contribution is 0.00693. The third kappa shape index (κ3) is 5.84. The summed E-state index contributed by atoms with van der Waals surface area (Å²) in [7, 11) is 0. The molecule has 0 bridgehead atoms. The van der Waals surface area contributed by atoms with Gasteiger partial charge in [-0.3, -0.25) is 0 Å². The van der Waals surface area contributed by atoms with Gasteiger partial charge >= 0.3 is 11.9 Å². The smallest absolute Gasteiger partial charge is 0.339 e. The summed E-state index contributed by atoms with van der Waals surface area (Å²) in [6.07, 6.45) is 1.35. The number of pyridine rings is 1. The molecular formula is C19H20Cl2N2O4. The predicted octanol–water partition coefficient (Wildman–Crippen LogP) is 5.26. The Hall–Kier alpha value is -2.31. The van der Waals surface area contributed by atoms with E-state index in [1.54, 1.807) is 45.9 Å². The number of nitrogens with zero attached hydrogens (tertiary/aromatic N) is 1. The number of carbonyl (C=O) groups excluding carboxylic acids is 2. The fraction of sp³-hybridized carbons (Fsp3) is 0.316. The summed E-state index contributed by atoms with van der Waals surface area (Å²) < 4.78 is 10.3. The van der Waals surface area contributed by atoms with Crippen LogP contribution in [0.4, 0.5) is 11.5 Å². The minimum Gasteiger partial charge on any atom is -0.462 e. The van der Waals surface area contributed by atoms with Crippen LogP contribution in [0.2, 0.25) is 10.0 Å². The van der Waals surface area contributed by atoms with E-state index >= 15 is 0 Å². The van der Waals surface area contributed by atoms with Crippen molar-refractivity contribution < 1.29 is 19.1 Å². The normalized spacial score (nSPS) is 11.0. The first-order valence-corrected chi connectivity index (χ1v) is 8.99. The SMILES string of the molecule is CCOC(=O)c1cnc(Nc2cc(C(=O)OC(C)(C)C)ccc2Cl)c(Cl)c1. The zero-order chi connectivity index (χ0) is 20.2. The van der Waals surface area contributed by atoms with Crippen LogP contribution in [0, 0.1) is 0 Å². The van der Waals surface area contributed by atoms with Crippen LogP contribution in [0.5, 0.6) is 0 Å². The van der Waals surface area contributed by atoms with Gasteiger partial charge in [0, 0.05) is 6.20 Å². The second kappa shape index (κ2) is 8.59. The van der Waals surface area contributed by atoms with E-state index in [9.17, 15) is 9.59 Å². The van der Waals surface area contributed by atoms with Gasteiger partial charge in [0.1, 0.15) is 11.4 Å². The summed E-state index contributed by atoms with van der Waals surface area (Å²) in [5.41, 5.74) is 0.383. The number of hydrogen-bond acceptors (Lipinski definition) is 6. The summed E-state index contributed by atoms with van der Waals surface area (Å²) in [5.74, 6) is -0.699. The molecule has 6 nitrogen and oxygen atoms in total. The van der Waals surface area contributed by atoms with E-state index in [1.165, 1.54) is 12.3 Å². The Balaban J connectivity index is 2.25. The molecule has 2 rings (SSSR count). The second-order valence-corrected chi connectivity index (χ2v) is 7.41. The molecule has 144 valence electrons. The number of rotatable bonds is 5. The maximum atomic E-state index is 12.2. The predicted molar refractivity (Wildman–Crippen MR) is 105 cm³/mol. The van der Waals surface area contributed by atoms with Crippen molar-refractivity contribution >= 4 is 46.6 Å². The van der Waals surface area contributed by atoms with Crippen LogP contribution in [-0.2, 0) is 9.47 Å². The number of carbonyl (C=O) groups is 2. The quantitative estimate of drug-likeness (QED) is 0.676. The Kier molecular flexibility index (Phi) is 6.68. The average molecular weight is 411 g/mol. The van der Waals surface area contributed by atoms with Crippen molar-refractivity contribution in [3.05, 3.63) is 51.6 Å². The maximum absolute atomic E-state index is 12.2. The molecule has 0 aliphatic heterocycles. The molecule has 0 saturated heterocycles. The summed E-state index contributed by atoms with van der Waals surface area (Å²) in [4.78, 5) is 28.1. The second-order valence-electron chi connectivity index (χ2n) is 6.60. The standard InChI is InChI=1S/C19H20Cl2N2O4/c1-5-26-17(24)12-8-14(21)16(22-10-12)23-15-9-11(6-7-13(15)20)18(25)27-19(2,3)4/h6-10H,5H2,1-4H3,(H,22,23). The first-order chi connectivity index (χ1) is 12.6. The Morgan fingerprint density at radius 2 is 1.78 bits per heavy atom. The highest BCUT2D eigenvalue weighted by atomic mass is 35.5. The fourth-order valence-electron chi connectivity index (χ4n) is 2.07. The first-order valence-electron chi connectivity index (χ1n) is 8.23. The lowest BCUT2D eigenvalue weighted by atomic mass is 10.1. The van der Waals surface area contributed by atoms with Gasteiger partial charge in [0.05, 0.1) is 33.5 Å². The van der Waals surface area contributed by atoms with Crippen molar-refractivity contribution in [2.45, 2.75) is 33.3 Å². The van der Waals surface area contributed by atoms with Crippen LogP contribution in [0.25, 0.3) is 0 Å². The van der Waals surface area contributed by atoms with Gasteiger partial charge in [-0.05, 0) is 52.0 Å². The summed E-state index contributed by atoms with van der Waals surface area (Å²) >= 11 is 12.4. The highest BCUT2D eigenvalue weighted by molar-refractivity contribution is 6.35. The molecule has 0 fully saturated rings. The number of esters is 2. The van der Waals surface area contributed by atoms with Gasteiger partial charge in [0.2, 0.25) is 0 Å². The number of halogens is 2. The van der Waals surface area contributed by atoms with Gasteiger partial charge in [-0.15, -0.1) is 0 Å². The van der Waals surface area contributed by atoms with Crippen molar-refractivity contribution in [3.63, 3.8) is 0 Å². The molecule has 0 spiro atoms. The molecule has 0 amide bonds. The van der Waals surface area contributed by atoms with Crippen molar-refractivity contribution in [3.8, 4) is 0 Å². The Bertz CT molecular complexity index is 863. The lowest BCUT2D eigenvalue weighted by Crippen LogP contribution is -2.23.